The SMILES string of the molecule is COc1ccc(N2C(=O)C(=O)/C(=C(/O)c3cc(C)cc(Cl)c3OC)C2c2cccc(OC(C)=O)c2)cc1. The first-order valence-electron chi connectivity index (χ1n) is 11.2. The molecule has 3 aromatic rings. The minimum absolute atomic E-state index is 0.160. The van der Waals surface area contributed by atoms with Crippen LogP contribution in [-0.4, -0.2) is 37.0 Å². The highest BCUT2D eigenvalue weighted by Crippen LogP contribution is 2.45. The highest BCUT2D eigenvalue weighted by atomic mass is 35.5. The van der Waals surface area contributed by atoms with Crippen molar-refractivity contribution in [1.82, 2.24) is 0 Å². The first-order chi connectivity index (χ1) is 17.7. The second-order valence-electron chi connectivity index (χ2n) is 8.36. The summed E-state index contributed by atoms with van der Waals surface area (Å²) >= 11 is 6.35. The number of methoxy groups -OCH3 is 2. The van der Waals surface area contributed by atoms with Gasteiger partial charge in [0.2, 0.25) is 0 Å². The number of carbonyl (C=O) groups is 3. The van der Waals surface area contributed by atoms with Gasteiger partial charge in [0.05, 0.1) is 36.4 Å². The van der Waals surface area contributed by atoms with Gasteiger partial charge in [-0.2, -0.15) is 0 Å². The Morgan fingerprint density at radius 1 is 0.973 bits per heavy atom. The third-order valence-electron chi connectivity index (χ3n) is 5.88. The highest BCUT2D eigenvalue weighted by Gasteiger charge is 2.47. The zero-order valence-electron chi connectivity index (χ0n) is 20.6. The van der Waals surface area contributed by atoms with Crippen LogP contribution in [0.25, 0.3) is 5.76 Å². The maximum Gasteiger partial charge on any atom is 0.308 e. The summed E-state index contributed by atoms with van der Waals surface area (Å²) in [5.74, 6) is -1.76. The van der Waals surface area contributed by atoms with Crippen molar-refractivity contribution in [2.45, 2.75) is 19.9 Å². The van der Waals surface area contributed by atoms with Gasteiger partial charge in [0.1, 0.15) is 23.0 Å². The van der Waals surface area contributed by atoms with Crippen LogP contribution in [0.3, 0.4) is 0 Å². The van der Waals surface area contributed by atoms with E-state index in [1.165, 1.54) is 26.0 Å². The van der Waals surface area contributed by atoms with Crippen molar-refractivity contribution >= 4 is 40.7 Å². The van der Waals surface area contributed by atoms with Crippen molar-refractivity contribution in [3.05, 3.63) is 87.9 Å². The molecule has 1 aliphatic rings. The monoisotopic (exact) mass is 521 g/mol. The lowest BCUT2D eigenvalue weighted by Crippen LogP contribution is -2.29. The van der Waals surface area contributed by atoms with Crippen molar-refractivity contribution in [3.63, 3.8) is 0 Å². The van der Waals surface area contributed by atoms with Gasteiger partial charge >= 0.3 is 5.97 Å². The topological polar surface area (TPSA) is 102 Å². The standard InChI is InChI=1S/C28H24ClNO7/c1-15-12-21(27(36-4)22(29)13-15)25(32)23-24(17-6-5-7-20(14-17)37-16(2)31)30(28(34)26(23)33)18-8-10-19(35-3)11-9-18/h5-14,24,32H,1-4H3/b25-23+. The Morgan fingerprint density at radius 3 is 2.30 bits per heavy atom. The smallest absolute Gasteiger partial charge is 0.308 e. The van der Waals surface area contributed by atoms with E-state index in [-0.39, 0.29) is 27.7 Å². The van der Waals surface area contributed by atoms with E-state index in [0.29, 0.717) is 22.6 Å². The summed E-state index contributed by atoms with van der Waals surface area (Å²) in [6, 6.07) is 15.2. The number of carbonyl (C=O) groups excluding carboxylic acids is 3. The zero-order valence-corrected chi connectivity index (χ0v) is 21.3. The van der Waals surface area contributed by atoms with Gasteiger partial charge in [0.15, 0.2) is 0 Å². The van der Waals surface area contributed by atoms with E-state index in [9.17, 15) is 19.5 Å². The van der Waals surface area contributed by atoms with Crippen LogP contribution in [0, 0.1) is 6.92 Å². The van der Waals surface area contributed by atoms with Crippen LogP contribution in [0.5, 0.6) is 17.2 Å². The van der Waals surface area contributed by atoms with Crippen molar-refractivity contribution in [2.24, 2.45) is 0 Å². The molecule has 8 nitrogen and oxygen atoms in total. The molecule has 0 bridgehead atoms. The fourth-order valence-electron chi connectivity index (χ4n) is 4.33. The number of nitrogens with zero attached hydrogens (tertiary/aromatic N) is 1. The second kappa shape index (κ2) is 10.4. The van der Waals surface area contributed by atoms with E-state index in [0.717, 1.165) is 0 Å². The molecule has 1 fully saturated rings. The molecule has 1 heterocycles. The number of benzene rings is 3. The molecule has 1 amide bonds. The third kappa shape index (κ3) is 4.88. The average Bonchev–Trinajstić information content (AvgIpc) is 3.13. The molecule has 1 aliphatic heterocycles. The van der Waals surface area contributed by atoms with E-state index >= 15 is 0 Å². The summed E-state index contributed by atoms with van der Waals surface area (Å²) in [6.07, 6.45) is 0. The van der Waals surface area contributed by atoms with Gasteiger partial charge in [-0.05, 0) is 66.6 Å². The van der Waals surface area contributed by atoms with Gasteiger partial charge in [-0.25, -0.2) is 0 Å². The van der Waals surface area contributed by atoms with Crippen molar-refractivity contribution < 1.29 is 33.7 Å². The number of halogens is 1. The van der Waals surface area contributed by atoms with E-state index in [1.807, 2.05) is 0 Å². The number of Topliss-reactive ketones (excluding diaryl/α,β-unsaturated/α-hetero) is 1. The summed E-state index contributed by atoms with van der Waals surface area (Å²) in [7, 11) is 2.91. The van der Waals surface area contributed by atoms with Crippen LogP contribution in [0.2, 0.25) is 5.02 Å². The Labute approximate surface area is 218 Å². The van der Waals surface area contributed by atoms with E-state index in [2.05, 4.69) is 0 Å². The Hall–Kier alpha value is -4.30. The van der Waals surface area contributed by atoms with Crippen molar-refractivity contribution in [3.8, 4) is 17.2 Å². The van der Waals surface area contributed by atoms with E-state index in [4.69, 9.17) is 25.8 Å². The Morgan fingerprint density at radius 2 is 1.68 bits per heavy atom. The number of ether oxygens (including phenoxy) is 3. The molecule has 0 aliphatic carbocycles. The van der Waals surface area contributed by atoms with Crippen LogP contribution in [0.4, 0.5) is 5.69 Å². The molecule has 190 valence electrons. The first-order valence-corrected chi connectivity index (χ1v) is 11.6. The molecule has 1 atom stereocenters. The van der Waals surface area contributed by atoms with Crippen molar-refractivity contribution in [1.29, 1.82) is 0 Å². The van der Waals surface area contributed by atoms with Gasteiger partial charge in [-0.3, -0.25) is 19.3 Å². The predicted octanol–water partition coefficient (Wildman–Crippen LogP) is 5.22. The Kier molecular flexibility index (Phi) is 7.22. The molecule has 1 N–H and O–H groups in total. The Balaban J connectivity index is 1.99. The number of aliphatic hydroxyl groups excluding tert-OH is 1. The number of hydrogen-bond acceptors (Lipinski definition) is 7. The number of esters is 1. The summed E-state index contributed by atoms with van der Waals surface area (Å²) in [4.78, 5) is 39.7. The van der Waals surface area contributed by atoms with Crippen molar-refractivity contribution in [2.75, 3.05) is 19.1 Å². The molecule has 3 aromatic carbocycles. The first kappa shape index (κ1) is 25.8. The molecule has 0 aromatic heterocycles. The van der Waals surface area contributed by atoms with Crippen LogP contribution in [0.1, 0.15) is 29.7 Å². The summed E-state index contributed by atoms with van der Waals surface area (Å²) in [6.45, 7) is 3.04. The lowest BCUT2D eigenvalue weighted by atomic mass is 9.94. The van der Waals surface area contributed by atoms with Gasteiger partial charge in [-0.15, -0.1) is 0 Å². The van der Waals surface area contributed by atoms with E-state index in [1.54, 1.807) is 67.6 Å². The fraction of sp³-hybridized carbons (Fsp3) is 0.179. The van der Waals surface area contributed by atoms with Crippen LogP contribution < -0.4 is 19.1 Å². The minimum atomic E-state index is -1.05. The second-order valence-corrected chi connectivity index (χ2v) is 8.77. The number of aryl methyl sites for hydroxylation is 1. The molecule has 0 spiro atoms. The quantitative estimate of drug-likeness (QED) is 0.156. The van der Waals surface area contributed by atoms with Gasteiger partial charge in [0, 0.05) is 12.6 Å². The minimum Gasteiger partial charge on any atom is -0.507 e. The lowest BCUT2D eigenvalue weighted by Gasteiger charge is -2.26. The van der Waals surface area contributed by atoms with Crippen LogP contribution >= 0.6 is 11.6 Å². The molecule has 9 heteroatoms. The number of ketones is 1. The molecule has 4 rings (SSSR count). The maximum absolute atomic E-state index is 13.4. The maximum atomic E-state index is 13.4. The van der Waals surface area contributed by atoms with Gasteiger partial charge in [0.25, 0.3) is 11.7 Å². The molecule has 1 saturated heterocycles. The summed E-state index contributed by atoms with van der Waals surface area (Å²) in [5.41, 5.74) is 1.55. The lowest BCUT2D eigenvalue weighted by molar-refractivity contribution is -0.132. The number of rotatable bonds is 6. The predicted molar refractivity (Wildman–Crippen MR) is 138 cm³/mol. The third-order valence-corrected chi connectivity index (χ3v) is 6.16. The molecule has 0 saturated carbocycles. The number of anilines is 1. The molecule has 0 radical (unpaired) electrons. The number of hydrogen-bond donors (Lipinski definition) is 1. The largest absolute Gasteiger partial charge is 0.507 e. The normalized spacial score (nSPS) is 16.6. The molecule has 37 heavy (non-hydrogen) atoms. The van der Waals surface area contributed by atoms with Gasteiger partial charge in [-0.1, -0.05) is 23.7 Å². The average molecular weight is 522 g/mol. The molecular formula is C28H24ClNO7. The molecular weight excluding hydrogens is 498 g/mol. The summed E-state index contributed by atoms with van der Waals surface area (Å²) < 4.78 is 15.8. The van der Waals surface area contributed by atoms with E-state index < -0.39 is 29.5 Å². The summed E-state index contributed by atoms with van der Waals surface area (Å²) in [5, 5.41) is 11.7. The number of aliphatic hydroxyl groups is 1. The van der Waals surface area contributed by atoms with Gasteiger partial charge < -0.3 is 19.3 Å². The van der Waals surface area contributed by atoms with Crippen LogP contribution in [-0.2, 0) is 14.4 Å². The zero-order chi connectivity index (χ0) is 26.9. The molecule has 1 unspecified atom stereocenters. The highest BCUT2D eigenvalue weighted by molar-refractivity contribution is 6.51. The Bertz CT molecular complexity index is 1430. The van der Waals surface area contributed by atoms with Crippen LogP contribution in [0.15, 0.2) is 66.2 Å². The number of amides is 1. The fourth-order valence-corrected chi connectivity index (χ4v) is 4.68.